The highest BCUT2D eigenvalue weighted by Gasteiger charge is 2.17. The molecule has 0 spiro atoms. The van der Waals surface area contributed by atoms with Gasteiger partial charge in [-0.2, -0.15) is 8.42 Å². The fourth-order valence-electron chi connectivity index (χ4n) is 1.55. The Hall–Kier alpha value is -2.34. The topological polar surface area (TPSA) is 69.7 Å². The number of carbonyl (C=O) groups excluding carboxylic acids is 1. The molecule has 0 aliphatic rings. The van der Waals surface area contributed by atoms with Crippen molar-refractivity contribution in [3.05, 3.63) is 60.2 Å². The lowest BCUT2D eigenvalue weighted by molar-refractivity contribution is 0.0600. The maximum Gasteiger partial charge on any atom is 0.339 e. The molecule has 20 heavy (non-hydrogen) atoms. The lowest BCUT2D eigenvalue weighted by Crippen LogP contribution is -2.10. The van der Waals surface area contributed by atoms with E-state index in [1.165, 1.54) is 43.5 Å². The first-order valence-electron chi connectivity index (χ1n) is 5.71. The van der Waals surface area contributed by atoms with Gasteiger partial charge in [-0.15, -0.1) is 0 Å². The molecule has 0 fully saturated rings. The molecule has 5 nitrogen and oxygen atoms in total. The number of ether oxygens (including phenoxy) is 1. The van der Waals surface area contributed by atoms with E-state index in [4.69, 9.17) is 4.18 Å². The Morgan fingerprint density at radius 2 is 1.70 bits per heavy atom. The molecule has 0 unspecified atom stereocenters. The van der Waals surface area contributed by atoms with Crippen LogP contribution in [0.2, 0.25) is 0 Å². The van der Waals surface area contributed by atoms with Crippen molar-refractivity contribution >= 4 is 16.1 Å². The van der Waals surface area contributed by atoms with Crippen LogP contribution in [0.1, 0.15) is 10.4 Å². The van der Waals surface area contributed by atoms with E-state index in [9.17, 15) is 13.2 Å². The Morgan fingerprint density at radius 1 is 1.00 bits per heavy atom. The minimum atomic E-state index is -3.91. The Morgan fingerprint density at radius 3 is 2.35 bits per heavy atom. The molecule has 2 aromatic rings. The highest BCUT2D eigenvalue weighted by atomic mass is 32.2. The zero-order valence-corrected chi connectivity index (χ0v) is 11.5. The molecular formula is C14H12O5S. The van der Waals surface area contributed by atoms with Crippen LogP contribution in [0, 0.1) is 0 Å². The highest BCUT2D eigenvalue weighted by molar-refractivity contribution is 7.87. The molecule has 6 heteroatoms. The Balaban J connectivity index is 2.29. The zero-order chi connectivity index (χ0) is 14.6. The summed E-state index contributed by atoms with van der Waals surface area (Å²) in [5, 5.41) is 0. The molecule has 0 N–H and O–H groups in total. The summed E-state index contributed by atoms with van der Waals surface area (Å²) in [6.45, 7) is 0. The average Bonchev–Trinajstić information content (AvgIpc) is 2.47. The van der Waals surface area contributed by atoms with E-state index in [1.807, 2.05) is 0 Å². The lowest BCUT2D eigenvalue weighted by Gasteiger charge is -2.07. The van der Waals surface area contributed by atoms with Crippen molar-refractivity contribution in [1.29, 1.82) is 0 Å². The minimum Gasteiger partial charge on any atom is -0.465 e. The summed E-state index contributed by atoms with van der Waals surface area (Å²) in [7, 11) is -2.67. The van der Waals surface area contributed by atoms with Gasteiger partial charge in [0.2, 0.25) is 0 Å². The molecular weight excluding hydrogens is 280 g/mol. The van der Waals surface area contributed by atoms with Crippen LogP contribution in [0.3, 0.4) is 0 Å². The van der Waals surface area contributed by atoms with E-state index in [1.54, 1.807) is 18.2 Å². The van der Waals surface area contributed by atoms with Gasteiger partial charge in [-0.1, -0.05) is 24.3 Å². The van der Waals surface area contributed by atoms with Crippen molar-refractivity contribution in [2.45, 2.75) is 4.90 Å². The molecule has 0 aromatic heterocycles. The van der Waals surface area contributed by atoms with Gasteiger partial charge in [0.25, 0.3) is 0 Å². The van der Waals surface area contributed by atoms with Crippen molar-refractivity contribution in [1.82, 2.24) is 0 Å². The molecule has 0 saturated heterocycles. The second-order valence-electron chi connectivity index (χ2n) is 3.87. The van der Waals surface area contributed by atoms with E-state index in [2.05, 4.69) is 4.74 Å². The van der Waals surface area contributed by atoms with Gasteiger partial charge < -0.3 is 8.92 Å². The predicted molar refractivity (Wildman–Crippen MR) is 72.0 cm³/mol. The van der Waals surface area contributed by atoms with Crippen LogP contribution >= 0.6 is 0 Å². The Kier molecular flexibility index (Phi) is 4.05. The number of hydrogen-bond donors (Lipinski definition) is 0. The van der Waals surface area contributed by atoms with Gasteiger partial charge in [0, 0.05) is 0 Å². The third kappa shape index (κ3) is 3.16. The maximum atomic E-state index is 12.0. The summed E-state index contributed by atoms with van der Waals surface area (Å²) < 4.78 is 33.6. The fourth-order valence-corrected chi connectivity index (χ4v) is 2.50. The van der Waals surface area contributed by atoms with Crippen LogP contribution in [0.4, 0.5) is 0 Å². The first-order valence-corrected chi connectivity index (χ1v) is 7.12. The Bertz CT molecular complexity index is 707. The average molecular weight is 292 g/mol. The van der Waals surface area contributed by atoms with Crippen molar-refractivity contribution in [3.63, 3.8) is 0 Å². The number of esters is 1. The zero-order valence-electron chi connectivity index (χ0n) is 10.6. The molecule has 0 aliphatic heterocycles. The van der Waals surface area contributed by atoms with Crippen molar-refractivity contribution in [3.8, 4) is 5.75 Å². The fraction of sp³-hybridized carbons (Fsp3) is 0.0714. The van der Waals surface area contributed by atoms with Crippen molar-refractivity contribution in [2.75, 3.05) is 7.11 Å². The number of methoxy groups -OCH3 is 1. The molecule has 2 aromatic carbocycles. The third-order valence-corrected chi connectivity index (χ3v) is 3.75. The van der Waals surface area contributed by atoms with Crippen LogP contribution in [-0.4, -0.2) is 21.5 Å². The Labute approximate surface area is 116 Å². The quantitative estimate of drug-likeness (QED) is 0.638. The van der Waals surface area contributed by atoms with Crippen molar-refractivity contribution < 1.29 is 22.1 Å². The summed E-state index contributed by atoms with van der Waals surface area (Å²) >= 11 is 0. The molecule has 0 saturated carbocycles. The van der Waals surface area contributed by atoms with Crippen LogP contribution < -0.4 is 4.18 Å². The molecule has 0 heterocycles. The number of hydrogen-bond acceptors (Lipinski definition) is 5. The molecule has 2 rings (SSSR count). The summed E-state index contributed by atoms with van der Waals surface area (Å²) in [4.78, 5) is 11.4. The first-order chi connectivity index (χ1) is 9.53. The first kappa shape index (κ1) is 14.1. The van der Waals surface area contributed by atoms with E-state index in [0.29, 0.717) is 0 Å². The SMILES string of the molecule is COC(=O)c1cccc(OS(=O)(=O)c2ccccc2)c1. The molecule has 0 radical (unpaired) electrons. The van der Waals surface area contributed by atoms with Gasteiger partial charge in [0.1, 0.15) is 10.6 Å². The summed E-state index contributed by atoms with van der Waals surface area (Å²) in [6.07, 6.45) is 0. The number of benzene rings is 2. The van der Waals surface area contributed by atoms with E-state index >= 15 is 0 Å². The normalized spacial score (nSPS) is 10.8. The van der Waals surface area contributed by atoms with Crippen LogP contribution in [-0.2, 0) is 14.9 Å². The summed E-state index contributed by atoms with van der Waals surface area (Å²) in [6, 6.07) is 13.5. The molecule has 104 valence electrons. The van der Waals surface area contributed by atoms with Crippen molar-refractivity contribution in [2.24, 2.45) is 0 Å². The minimum absolute atomic E-state index is 0.0449. The number of carbonyl (C=O) groups is 1. The predicted octanol–water partition coefficient (Wildman–Crippen LogP) is 2.24. The van der Waals surface area contributed by atoms with Gasteiger partial charge in [0.05, 0.1) is 12.7 Å². The molecule has 0 aliphatic carbocycles. The molecule has 0 atom stereocenters. The largest absolute Gasteiger partial charge is 0.465 e. The van der Waals surface area contributed by atoms with E-state index < -0.39 is 16.1 Å². The smallest absolute Gasteiger partial charge is 0.339 e. The van der Waals surface area contributed by atoms with E-state index in [-0.39, 0.29) is 16.2 Å². The van der Waals surface area contributed by atoms with E-state index in [0.717, 1.165) is 0 Å². The van der Waals surface area contributed by atoms with Gasteiger partial charge in [-0.05, 0) is 30.3 Å². The maximum absolute atomic E-state index is 12.0. The van der Waals surface area contributed by atoms with Crippen LogP contribution in [0.5, 0.6) is 5.75 Å². The standard InChI is InChI=1S/C14H12O5S/c1-18-14(15)11-6-5-7-12(10-11)19-20(16,17)13-8-3-2-4-9-13/h2-10H,1H3. The molecule has 0 bridgehead atoms. The number of rotatable bonds is 4. The van der Waals surface area contributed by atoms with Crippen LogP contribution in [0.25, 0.3) is 0 Å². The lowest BCUT2D eigenvalue weighted by atomic mass is 10.2. The summed E-state index contributed by atoms with van der Waals surface area (Å²) in [5.74, 6) is -0.510. The van der Waals surface area contributed by atoms with Gasteiger partial charge in [0.15, 0.2) is 0 Å². The second kappa shape index (κ2) is 5.75. The van der Waals surface area contributed by atoms with Gasteiger partial charge in [-0.3, -0.25) is 0 Å². The van der Waals surface area contributed by atoms with Gasteiger partial charge >= 0.3 is 16.1 Å². The highest BCUT2D eigenvalue weighted by Crippen LogP contribution is 2.20. The third-order valence-electron chi connectivity index (χ3n) is 2.49. The molecule has 0 amide bonds. The summed E-state index contributed by atoms with van der Waals surface area (Å²) in [5.41, 5.74) is 0.216. The van der Waals surface area contributed by atoms with Gasteiger partial charge in [-0.25, -0.2) is 4.79 Å². The van der Waals surface area contributed by atoms with Crippen LogP contribution in [0.15, 0.2) is 59.5 Å². The second-order valence-corrected chi connectivity index (χ2v) is 5.42. The monoisotopic (exact) mass is 292 g/mol.